The van der Waals surface area contributed by atoms with Crippen LogP contribution < -0.4 is 17.0 Å². The Kier molecular flexibility index (Phi) is 3.33. The second kappa shape index (κ2) is 5.64. The van der Waals surface area contributed by atoms with E-state index in [0.717, 1.165) is 22.1 Å². The molecule has 0 fully saturated rings. The molecule has 24 heavy (non-hydrogen) atoms. The number of nitrogens with zero attached hydrogens (tertiary/aromatic N) is 3. The van der Waals surface area contributed by atoms with E-state index in [9.17, 15) is 0 Å². The van der Waals surface area contributed by atoms with Crippen molar-refractivity contribution in [3.63, 3.8) is 0 Å². The van der Waals surface area contributed by atoms with Gasteiger partial charge in [0.25, 0.3) is 0 Å². The van der Waals surface area contributed by atoms with Gasteiger partial charge in [0.05, 0.1) is 28.3 Å². The van der Waals surface area contributed by atoms with Crippen LogP contribution in [0.3, 0.4) is 0 Å². The predicted octanol–water partition coefficient (Wildman–Crippen LogP) is 1.75. The molecule has 2 aromatic heterocycles. The molecule has 0 aliphatic rings. The second-order valence-electron chi connectivity index (χ2n) is 5.28. The first-order valence-electron chi connectivity index (χ1n) is 7.40. The Morgan fingerprint density at radius 3 is 2.38 bits per heavy atom. The highest BCUT2D eigenvalue weighted by atomic mass is 15.2. The molecule has 2 heterocycles. The molecule has 7 nitrogen and oxygen atoms in total. The van der Waals surface area contributed by atoms with Crippen LogP contribution in [-0.4, -0.2) is 19.9 Å². The maximum atomic E-state index is 6.27. The molecule has 0 aliphatic carbocycles. The van der Waals surface area contributed by atoms with Crippen molar-refractivity contribution >= 4 is 33.5 Å². The highest BCUT2D eigenvalue weighted by Gasteiger charge is 2.13. The number of H-pyrrole nitrogens is 1. The van der Waals surface area contributed by atoms with Crippen LogP contribution in [0.4, 0.5) is 0 Å². The number of imidazole rings is 1. The van der Waals surface area contributed by atoms with Gasteiger partial charge in [0.1, 0.15) is 17.1 Å². The predicted molar refractivity (Wildman–Crippen MR) is 94.0 cm³/mol. The normalized spacial score (nSPS) is 12.4. The number of aromatic amines is 1. The number of para-hydroxylation sites is 4. The lowest BCUT2D eigenvalue weighted by Crippen LogP contribution is -2.24. The number of benzene rings is 2. The maximum absolute atomic E-state index is 6.27. The van der Waals surface area contributed by atoms with E-state index >= 15 is 0 Å². The Morgan fingerprint density at radius 1 is 0.917 bits per heavy atom. The van der Waals surface area contributed by atoms with Crippen molar-refractivity contribution in [2.75, 3.05) is 0 Å². The number of aromatic nitrogens is 4. The Morgan fingerprint density at radius 2 is 1.62 bits per heavy atom. The Bertz CT molecular complexity index is 1030. The highest BCUT2D eigenvalue weighted by Crippen LogP contribution is 2.20. The molecule has 0 spiro atoms. The van der Waals surface area contributed by atoms with Gasteiger partial charge in [0.2, 0.25) is 0 Å². The van der Waals surface area contributed by atoms with Crippen LogP contribution >= 0.6 is 0 Å². The number of hydrogen-bond donors (Lipinski definition) is 4. The molecular weight excluding hydrogens is 302 g/mol. The van der Waals surface area contributed by atoms with E-state index in [2.05, 4.69) is 25.4 Å². The van der Waals surface area contributed by atoms with Crippen LogP contribution in [0.1, 0.15) is 11.5 Å². The number of fused-ring (bicyclic) bond motifs is 2. The number of nitrogens with one attached hydrogen (secondary N) is 2. The molecule has 118 valence electrons. The molecule has 4 aromatic rings. The van der Waals surface area contributed by atoms with Crippen LogP contribution in [-0.2, 0) is 0 Å². The van der Waals surface area contributed by atoms with Crippen LogP contribution in [0.25, 0.3) is 33.5 Å². The Hall–Kier alpha value is -3.45. The van der Waals surface area contributed by atoms with E-state index < -0.39 is 0 Å². The van der Waals surface area contributed by atoms with Gasteiger partial charge in [-0.1, -0.05) is 24.3 Å². The zero-order chi connectivity index (χ0) is 16.5. The number of rotatable bonds is 3. The summed E-state index contributed by atoms with van der Waals surface area (Å²) in [6, 6.07) is 15.3. The van der Waals surface area contributed by atoms with Crippen molar-refractivity contribution < 1.29 is 0 Å². The molecule has 0 saturated carbocycles. The summed E-state index contributed by atoms with van der Waals surface area (Å²) in [5.74, 6) is 6.21. The third-order valence-electron chi connectivity index (χ3n) is 3.76. The molecule has 2 aromatic carbocycles. The van der Waals surface area contributed by atoms with Crippen LogP contribution in [0.2, 0.25) is 0 Å². The summed E-state index contributed by atoms with van der Waals surface area (Å²) in [5, 5.41) is 0. The zero-order valence-corrected chi connectivity index (χ0v) is 12.7. The molecule has 0 amide bonds. The van der Waals surface area contributed by atoms with E-state index in [-0.39, 0.29) is 0 Å². The first kappa shape index (κ1) is 14.2. The third kappa shape index (κ3) is 2.33. The number of nitrogens with two attached hydrogens (primary N) is 2. The van der Waals surface area contributed by atoms with Gasteiger partial charge in [-0.05, 0) is 24.3 Å². The second-order valence-corrected chi connectivity index (χ2v) is 5.28. The lowest BCUT2D eigenvalue weighted by atomic mass is 10.2. The van der Waals surface area contributed by atoms with E-state index in [1.165, 1.54) is 0 Å². The van der Waals surface area contributed by atoms with E-state index in [1.54, 1.807) is 6.20 Å². The average Bonchev–Trinajstić information content (AvgIpc) is 3.06. The van der Waals surface area contributed by atoms with Gasteiger partial charge >= 0.3 is 0 Å². The molecular formula is C17H15N7. The Labute approximate surface area is 137 Å². The highest BCUT2D eigenvalue weighted by molar-refractivity contribution is 5.89. The van der Waals surface area contributed by atoms with Gasteiger partial charge < -0.3 is 16.1 Å². The van der Waals surface area contributed by atoms with Crippen LogP contribution in [0.15, 0.2) is 54.7 Å². The largest absolute Gasteiger partial charge is 0.394 e. The molecule has 0 aliphatic heterocycles. The smallest absolute Gasteiger partial charge is 0.156 e. The summed E-state index contributed by atoms with van der Waals surface area (Å²) in [4.78, 5) is 16.6. The molecule has 0 radical (unpaired) electrons. The first-order chi connectivity index (χ1) is 11.8. The molecule has 0 unspecified atom stereocenters. The third-order valence-corrected chi connectivity index (χ3v) is 3.76. The molecule has 0 atom stereocenters. The monoisotopic (exact) mass is 317 g/mol. The average molecular weight is 317 g/mol. The van der Waals surface area contributed by atoms with E-state index in [0.29, 0.717) is 22.9 Å². The standard InChI is InChI=1S/C17H15N7/c18-15(17-22-12-7-3-4-8-13(12)23-17)16(24-19)14-9-20-10-5-1-2-6-11(10)21-14/h1-9,24H,18-19H2,(H,22,23)/b16-15-. The summed E-state index contributed by atoms with van der Waals surface area (Å²) in [6.07, 6.45) is 1.63. The van der Waals surface area contributed by atoms with Crippen molar-refractivity contribution in [2.45, 2.75) is 0 Å². The molecule has 4 rings (SSSR count). The minimum Gasteiger partial charge on any atom is -0.394 e. The van der Waals surface area contributed by atoms with Crippen molar-refractivity contribution in [3.8, 4) is 0 Å². The fourth-order valence-electron chi connectivity index (χ4n) is 2.57. The zero-order valence-electron chi connectivity index (χ0n) is 12.7. The van der Waals surface area contributed by atoms with Crippen LogP contribution in [0, 0.1) is 0 Å². The maximum Gasteiger partial charge on any atom is 0.156 e. The molecule has 0 bridgehead atoms. The summed E-state index contributed by atoms with van der Waals surface area (Å²) in [5.41, 5.74) is 13.6. The molecule has 7 heteroatoms. The van der Waals surface area contributed by atoms with E-state index in [4.69, 9.17) is 11.6 Å². The van der Waals surface area contributed by atoms with Crippen molar-refractivity contribution in [2.24, 2.45) is 11.6 Å². The van der Waals surface area contributed by atoms with Gasteiger partial charge in [-0.25, -0.2) is 9.97 Å². The Balaban J connectivity index is 1.86. The number of hydrogen-bond acceptors (Lipinski definition) is 6. The summed E-state index contributed by atoms with van der Waals surface area (Å²) in [7, 11) is 0. The van der Waals surface area contributed by atoms with Crippen LogP contribution in [0.5, 0.6) is 0 Å². The minimum atomic E-state index is 0.373. The summed E-state index contributed by atoms with van der Waals surface area (Å²) in [6.45, 7) is 0. The summed E-state index contributed by atoms with van der Waals surface area (Å²) < 4.78 is 0. The fourth-order valence-corrected chi connectivity index (χ4v) is 2.57. The lowest BCUT2D eigenvalue weighted by Gasteiger charge is -2.09. The topological polar surface area (TPSA) is 119 Å². The quantitative estimate of drug-likeness (QED) is 0.338. The number of hydrazine groups is 1. The summed E-state index contributed by atoms with van der Waals surface area (Å²) >= 11 is 0. The fraction of sp³-hybridized carbons (Fsp3) is 0. The van der Waals surface area contributed by atoms with Gasteiger partial charge in [0.15, 0.2) is 5.82 Å². The van der Waals surface area contributed by atoms with Gasteiger partial charge in [-0.3, -0.25) is 10.8 Å². The van der Waals surface area contributed by atoms with Crippen molar-refractivity contribution in [1.29, 1.82) is 0 Å². The van der Waals surface area contributed by atoms with Crippen molar-refractivity contribution in [1.82, 2.24) is 25.4 Å². The molecule has 6 N–H and O–H groups in total. The van der Waals surface area contributed by atoms with Gasteiger partial charge in [0, 0.05) is 0 Å². The van der Waals surface area contributed by atoms with Gasteiger partial charge in [-0.15, -0.1) is 0 Å². The lowest BCUT2D eigenvalue weighted by molar-refractivity contribution is 0.973. The van der Waals surface area contributed by atoms with Crippen molar-refractivity contribution in [3.05, 3.63) is 66.2 Å². The minimum absolute atomic E-state index is 0.373. The SMILES string of the molecule is NN/C(=C(\N)c1nc2ccccc2[nH]1)c1cnc2ccccc2n1. The van der Waals surface area contributed by atoms with Gasteiger partial charge in [-0.2, -0.15) is 0 Å². The van der Waals surface area contributed by atoms with E-state index in [1.807, 2.05) is 48.5 Å². The molecule has 0 saturated heterocycles. The first-order valence-corrected chi connectivity index (χ1v) is 7.40.